The predicted octanol–water partition coefficient (Wildman–Crippen LogP) is 5.62. The van der Waals surface area contributed by atoms with Gasteiger partial charge in [-0.15, -0.1) is 10.2 Å². The minimum atomic E-state index is 0.296. The monoisotopic (exact) mass is 514 g/mol. The number of nitrogens with one attached hydrogen (secondary N) is 2. The fraction of sp³-hybridized carbons (Fsp3) is 0.607. The van der Waals surface area contributed by atoms with Crippen LogP contribution in [0.15, 0.2) is 18.3 Å². The molecule has 4 aromatic heterocycles. The van der Waals surface area contributed by atoms with Crippen molar-refractivity contribution in [3.63, 3.8) is 0 Å². The summed E-state index contributed by atoms with van der Waals surface area (Å²) in [6.45, 7) is 9.91. The first-order valence-electron chi connectivity index (χ1n) is 14.2. The largest absolute Gasteiger partial charge is 0.365 e. The second-order valence-electron chi connectivity index (χ2n) is 11.7. The van der Waals surface area contributed by atoms with E-state index in [1.807, 2.05) is 6.20 Å². The van der Waals surface area contributed by atoms with Crippen molar-refractivity contribution in [3.05, 3.63) is 23.9 Å². The van der Waals surface area contributed by atoms with E-state index in [2.05, 4.69) is 70.3 Å². The molecular weight excluding hydrogens is 476 g/mol. The molecule has 4 aromatic rings. The second-order valence-corrected chi connectivity index (χ2v) is 11.7. The first-order chi connectivity index (χ1) is 18.5. The number of tetrazole rings is 1. The van der Waals surface area contributed by atoms with Crippen molar-refractivity contribution in [2.24, 2.45) is 17.8 Å². The average Bonchev–Trinajstić information content (AvgIpc) is 3.53. The van der Waals surface area contributed by atoms with Crippen molar-refractivity contribution in [2.75, 3.05) is 5.32 Å². The Bertz CT molecular complexity index is 1380. The number of aromatic nitrogens is 9. The van der Waals surface area contributed by atoms with Gasteiger partial charge in [0.15, 0.2) is 17.3 Å². The van der Waals surface area contributed by atoms with Crippen LogP contribution in [0, 0.1) is 17.8 Å². The smallest absolute Gasteiger partial charge is 0.241 e. The number of aromatic amines is 1. The quantitative estimate of drug-likeness (QED) is 0.311. The molecular formula is C28H38N10. The number of anilines is 1. The van der Waals surface area contributed by atoms with Crippen LogP contribution in [0.25, 0.3) is 34.3 Å². The van der Waals surface area contributed by atoms with Crippen LogP contribution in [0.2, 0.25) is 0 Å². The van der Waals surface area contributed by atoms with E-state index in [9.17, 15) is 0 Å². The molecule has 200 valence electrons. The maximum atomic E-state index is 5.10. The Kier molecular flexibility index (Phi) is 6.80. The van der Waals surface area contributed by atoms with Crippen LogP contribution in [0.1, 0.15) is 84.1 Å². The molecule has 0 aliphatic heterocycles. The summed E-state index contributed by atoms with van der Waals surface area (Å²) in [6, 6.07) is 4.55. The predicted molar refractivity (Wildman–Crippen MR) is 147 cm³/mol. The summed E-state index contributed by atoms with van der Waals surface area (Å²) in [4.78, 5) is 19.7. The number of hydrogen-bond acceptors (Lipinski definition) is 8. The molecule has 0 radical (unpaired) electrons. The second kappa shape index (κ2) is 10.4. The molecule has 0 aromatic carbocycles. The zero-order valence-electron chi connectivity index (χ0n) is 22.9. The number of hydrogen-bond donors (Lipinski definition) is 2. The number of H-pyrrole nitrogens is 1. The molecule has 0 bridgehead atoms. The Balaban J connectivity index is 1.51. The molecule has 2 fully saturated rings. The zero-order valence-corrected chi connectivity index (χ0v) is 22.9. The van der Waals surface area contributed by atoms with E-state index in [0.717, 1.165) is 35.3 Å². The summed E-state index contributed by atoms with van der Waals surface area (Å²) in [6.07, 6.45) is 10.7. The Morgan fingerprint density at radius 1 is 1.03 bits per heavy atom. The lowest BCUT2D eigenvalue weighted by Gasteiger charge is -2.32. The van der Waals surface area contributed by atoms with Crippen molar-refractivity contribution in [1.29, 1.82) is 0 Å². The molecule has 10 heteroatoms. The van der Waals surface area contributed by atoms with E-state index < -0.39 is 0 Å². The van der Waals surface area contributed by atoms with E-state index in [4.69, 9.17) is 19.9 Å². The van der Waals surface area contributed by atoms with Crippen LogP contribution in [0.5, 0.6) is 0 Å². The van der Waals surface area contributed by atoms with Crippen LogP contribution in [0.4, 0.5) is 5.82 Å². The van der Waals surface area contributed by atoms with Gasteiger partial charge in [-0.1, -0.05) is 40.0 Å². The third kappa shape index (κ3) is 4.88. The third-order valence-electron chi connectivity index (χ3n) is 8.63. The summed E-state index contributed by atoms with van der Waals surface area (Å²) in [7, 11) is 0. The van der Waals surface area contributed by atoms with Crippen LogP contribution in [0.3, 0.4) is 0 Å². The molecule has 1 atom stereocenters. The van der Waals surface area contributed by atoms with Crippen molar-refractivity contribution in [2.45, 2.75) is 91.1 Å². The highest BCUT2D eigenvalue weighted by Gasteiger charge is 2.29. The zero-order chi connectivity index (χ0) is 26.2. The topological polar surface area (TPSA) is 123 Å². The summed E-state index contributed by atoms with van der Waals surface area (Å²) in [5, 5.41) is 18.3. The van der Waals surface area contributed by atoms with Crippen LogP contribution < -0.4 is 5.32 Å². The Morgan fingerprint density at radius 2 is 1.84 bits per heavy atom. The van der Waals surface area contributed by atoms with Gasteiger partial charge in [-0.3, -0.25) is 4.98 Å². The van der Waals surface area contributed by atoms with Crippen molar-refractivity contribution < 1.29 is 0 Å². The molecule has 2 aliphatic rings. The normalized spacial score (nSPS) is 21.1. The molecule has 0 unspecified atom stereocenters. The lowest BCUT2D eigenvalue weighted by Crippen LogP contribution is -2.31. The van der Waals surface area contributed by atoms with Gasteiger partial charge >= 0.3 is 0 Å². The number of fused-ring (bicyclic) bond motifs is 1. The number of imidazole rings is 1. The summed E-state index contributed by atoms with van der Waals surface area (Å²) in [5.41, 5.74) is 3.70. The Labute approximate surface area is 223 Å². The van der Waals surface area contributed by atoms with Crippen LogP contribution >= 0.6 is 0 Å². The van der Waals surface area contributed by atoms with Gasteiger partial charge in [-0.2, -0.15) is 5.21 Å². The molecule has 2 aliphatic carbocycles. The fourth-order valence-electron chi connectivity index (χ4n) is 5.84. The molecule has 10 nitrogen and oxygen atoms in total. The van der Waals surface area contributed by atoms with Gasteiger partial charge in [0.1, 0.15) is 11.2 Å². The SMILES string of the molecule is CC1CCC(Cn2c(-c3cc(C(C)C)ccn3)nc3nc(-c4nn[nH]n4)nc(N[C@H](C)C4CCC4)c32)CC1. The van der Waals surface area contributed by atoms with Crippen molar-refractivity contribution in [3.8, 4) is 23.2 Å². The molecule has 0 amide bonds. The van der Waals surface area contributed by atoms with Gasteiger partial charge in [-0.25, -0.2) is 15.0 Å². The molecule has 6 rings (SSSR count). The minimum Gasteiger partial charge on any atom is -0.365 e. The maximum Gasteiger partial charge on any atom is 0.241 e. The summed E-state index contributed by atoms with van der Waals surface area (Å²) < 4.78 is 2.33. The van der Waals surface area contributed by atoms with E-state index in [0.29, 0.717) is 41.1 Å². The average molecular weight is 515 g/mol. The fourth-order valence-corrected chi connectivity index (χ4v) is 5.84. The van der Waals surface area contributed by atoms with Crippen LogP contribution in [-0.2, 0) is 6.54 Å². The summed E-state index contributed by atoms with van der Waals surface area (Å²) in [5.74, 6) is 4.86. The van der Waals surface area contributed by atoms with E-state index in [1.54, 1.807) is 0 Å². The number of nitrogens with zero attached hydrogens (tertiary/aromatic N) is 8. The minimum absolute atomic E-state index is 0.296. The van der Waals surface area contributed by atoms with Crippen molar-refractivity contribution in [1.82, 2.24) is 45.1 Å². The summed E-state index contributed by atoms with van der Waals surface area (Å²) >= 11 is 0. The van der Waals surface area contributed by atoms with E-state index in [1.165, 1.54) is 50.5 Å². The highest BCUT2D eigenvalue weighted by atomic mass is 15.5. The molecule has 0 saturated heterocycles. The van der Waals surface area contributed by atoms with E-state index >= 15 is 0 Å². The maximum absolute atomic E-state index is 5.10. The van der Waals surface area contributed by atoms with Gasteiger partial charge < -0.3 is 9.88 Å². The third-order valence-corrected chi connectivity index (χ3v) is 8.63. The van der Waals surface area contributed by atoms with Gasteiger partial charge in [0.25, 0.3) is 0 Å². The highest BCUT2D eigenvalue weighted by Crippen LogP contribution is 2.36. The molecule has 0 spiro atoms. The first-order valence-corrected chi connectivity index (χ1v) is 14.2. The van der Waals surface area contributed by atoms with Gasteiger partial charge in [-0.05, 0) is 79.2 Å². The first kappa shape index (κ1) is 24.9. The van der Waals surface area contributed by atoms with Crippen LogP contribution in [-0.4, -0.2) is 51.2 Å². The molecule has 2 saturated carbocycles. The van der Waals surface area contributed by atoms with Gasteiger partial charge in [0.05, 0.1) is 0 Å². The Hall–Kier alpha value is -3.43. The standard InChI is InChI=1S/C28H38N10/c1-16(2)21-12-13-29-22(14-21)28-33-25-23(38(28)15-19-10-8-17(3)9-11-19)24(30-18(4)20-6-5-7-20)31-26(32-25)27-34-36-37-35-27/h12-14,16-20H,5-11,15H2,1-4H3,(H,30,31,32)(H,34,35,36,37)/t17?,18-,19?/m1/s1. The Morgan fingerprint density at radius 3 is 2.53 bits per heavy atom. The number of rotatable bonds is 8. The highest BCUT2D eigenvalue weighted by molar-refractivity contribution is 5.88. The lowest BCUT2D eigenvalue weighted by atomic mass is 9.80. The van der Waals surface area contributed by atoms with E-state index in [-0.39, 0.29) is 0 Å². The van der Waals surface area contributed by atoms with Gasteiger partial charge in [0, 0.05) is 18.8 Å². The number of pyridine rings is 1. The lowest BCUT2D eigenvalue weighted by molar-refractivity contribution is 0.267. The van der Waals surface area contributed by atoms with Crippen molar-refractivity contribution >= 4 is 17.0 Å². The molecule has 2 N–H and O–H groups in total. The molecule has 4 heterocycles. The molecule has 38 heavy (non-hydrogen) atoms. The van der Waals surface area contributed by atoms with Gasteiger partial charge in [0.2, 0.25) is 11.6 Å².